The van der Waals surface area contributed by atoms with Gasteiger partial charge >= 0.3 is 0 Å². The quantitative estimate of drug-likeness (QED) is 0.453. The van der Waals surface area contributed by atoms with Crippen LogP contribution in [-0.4, -0.2) is 4.21 Å². The molecule has 2 nitrogen and oxygen atoms in total. The van der Waals surface area contributed by atoms with Gasteiger partial charge in [-0.15, -0.1) is 0 Å². The number of hydrogen-bond acceptors (Lipinski definition) is 2. The van der Waals surface area contributed by atoms with Crippen LogP contribution in [0.3, 0.4) is 0 Å². The largest absolute Gasteiger partial charge is 0.210 e. The molecule has 0 unspecified atom stereocenters. The van der Waals surface area contributed by atoms with Crippen LogP contribution >= 0.6 is 0 Å². The lowest BCUT2D eigenvalue weighted by atomic mass is 12.0. The first-order valence-corrected chi connectivity index (χ1v) is 1.11. The van der Waals surface area contributed by atoms with Crippen LogP contribution in [0.1, 0.15) is 7.43 Å². The highest BCUT2D eigenvalue weighted by Crippen LogP contribution is 0.958. The van der Waals surface area contributed by atoms with Crippen LogP contribution < -0.4 is 0 Å². The topological polar surface area (TPSA) is 40.9 Å². The van der Waals surface area contributed by atoms with Crippen molar-refractivity contribution in [2.75, 3.05) is 0 Å². The van der Waals surface area contributed by atoms with Crippen molar-refractivity contribution >= 4 is 11.5 Å². The van der Waals surface area contributed by atoms with Crippen LogP contribution in [0.4, 0.5) is 0 Å². The van der Waals surface area contributed by atoms with Gasteiger partial charge in [0.05, 0.1) is 0 Å². The van der Waals surface area contributed by atoms with Crippen molar-refractivity contribution in [2.24, 2.45) is 0 Å². The molecular formula is CH5NOS. The second-order valence-electron chi connectivity index (χ2n) is 0.0833. The molecule has 1 N–H and O–H groups in total. The van der Waals surface area contributed by atoms with E-state index in [2.05, 4.69) is 0 Å². The molecule has 0 saturated carbocycles. The maximum absolute atomic E-state index is 8.51. The van der Waals surface area contributed by atoms with Crippen LogP contribution in [0, 0.1) is 4.78 Å². The normalized spacial score (nSPS) is 3.00. The molecule has 0 saturated heterocycles. The van der Waals surface area contributed by atoms with Gasteiger partial charge in [0.25, 0.3) is 0 Å². The van der Waals surface area contributed by atoms with E-state index in [-0.39, 0.29) is 18.9 Å². The van der Waals surface area contributed by atoms with Gasteiger partial charge in [-0.1, -0.05) is 7.43 Å². The van der Waals surface area contributed by atoms with Crippen molar-refractivity contribution in [1.82, 2.24) is 0 Å². The molecule has 4 heavy (non-hydrogen) atoms. The van der Waals surface area contributed by atoms with Crippen LogP contribution in [0.5, 0.6) is 0 Å². The lowest BCUT2D eigenvalue weighted by Gasteiger charge is -1.02. The highest BCUT2D eigenvalue weighted by atomic mass is 32.1. The van der Waals surface area contributed by atoms with Gasteiger partial charge in [-0.3, -0.25) is 0 Å². The molecule has 0 aliphatic carbocycles. The van der Waals surface area contributed by atoms with E-state index in [0.717, 1.165) is 0 Å². The summed E-state index contributed by atoms with van der Waals surface area (Å²) in [6, 6.07) is 0. The average molecular weight is 79.1 g/mol. The van der Waals surface area contributed by atoms with E-state index in [1.54, 1.807) is 0 Å². The van der Waals surface area contributed by atoms with Crippen molar-refractivity contribution in [3.8, 4) is 0 Å². The van der Waals surface area contributed by atoms with E-state index in [0.29, 0.717) is 0 Å². The molecule has 0 heterocycles. The molecule has 0 spiro atoms. The minimum absolute atomic E-state index is 0. The van der Waals surface area contributed by atoms with Gasteiger partial charge in [0, 0.05) is 0 Å². The van der Waals surface area contributed by atoms with Crippen LogP contribution in [0.25, 0.3) is 0 Å². The first kappa shape index (κ1) is 9.17. The van der Waals surface area contributed by atoms with Crippen molar-refractivity contribution in [2.45, 2.75) is 7.43 Å². The van der Waals surface area contributed by atoms with Gasteiger partial charge in [0.2, 0.25) is 0 Å². The Bertz CT molecular complexity index is 29.0. The van der Waals surface area contributed by atoms with E-state index >= 15 is 0 Å². The zero-order chi connectivity index (χ0) is 2.71. The lowest BCUT2D eigenvalue weighted by Crippen LogP contribution is -1.09. The summed E-state index contributed by atoms with van der Waals surface area (Å²) in [6.45, 7) is 0. The third-order valence-corrected chi connectivity index (χ3v) is 0. The summed E-state index contributed by atoms with van der Waals surface area (Å²) in [5.74, 6) is 0. The standard InChI is InChI=1S/CH4.HNOS/c;1-3-2/h1H4;1H. The van der Waals surface area contributed by atoms with E-state index in [1.807, 2.05) is 0 Å². The SMILES string of the molecule is C.N=S=O. The molecule has 0 bridgehead atoms. The van der Waals surface area contributed by atoms with Crippen LogP contribution in [0.15, 0.2) is 0 Å². The first-order valence-electron chi connectivity index (χ1n) is 0.371. The third-order valence-electron chi connectivity index (χ3n) is 0. The van der Waals surface area contributed by atoms with Crippen LogP contribution in [-0.2, 0) is 11.5 Å². The smallest absolute Gasteiger partial charge is 0.196 e. The summed E-state index contributed by atoms with van der Waals surface area (Å²) < 4.78 is 14.1. The van der Waals surface area contributed by atoms with Gasteiger partial charge in [0.15, 0.2) is 11.5 Å². The molecule has 0 aliphatic rings. The fraction of sp³-hybridized carbons (Fsp3) is 1.00. The van der Waals surface area contributed by atoms with E-state index in [4.69, 9.17) is 8.99 Å². The van der Waals surface area contributed by atoms with Crippen molar-refractivity contribution in [3.63, 3.8) is 0 Å². The lowest BCUT2D eigenvalue weighted by molar-refractivity contribution is 0.697. The molecule has 0 atom stereocenters. The molecule has 0 aromatic carbocycles. The molecular weight excluding hydrogens is 74.1 g/mol. The fourth-order valence-corrected chi connectivity index (χ4v) is 0. The highest BCUT2D eigenvalue weighted by Gasteiger charge is 1.02. The molecule has 0 aromatic heterocycles. The van der Waals surface area contributed by atoms with E-state index in [9.17, 15) is 0 Å². The Kier molecular flexibility index (Phi) is 31.9. The second-order valence-corrected chi connectivity index (χ2v) is 0.250. The highest BCUT2D eigenvalue weighted by molar-refractivity contribution is 7.53. The minimum Gasteiger partial charge on any atom is -0.210 e. The molecule has 0 radical (unpaired) electrons. The zero-order valence-corrected chi connectivity index (χ0v) is 2.13. The summed E-state index contributed by atoms with van der Waals surface area (Å²) >= 11 is -0.250. The minimum atomic E-state index is -0.250. The Balaban J connectivity index is 0. The second kappa shape index (κ2) is 13.9. The summed E-state index contributed by atoms with van der Waals surface area (Å²) in [7, 11) is 0. The summed E-state index contributed by atoms with van der Waals surface area (Å²) in [6.07, 6.45) is 0. The monoisotopic (exact) mass is 79.0 g/mol. The van der Waals surface area contributed by atoms with E-state index in [1.165, 1.54) is 0 Å². The van der Waals surface area contributed by atoms with Gasteiger partial charge in [0.1, 0.15) is 0 Å². The third kappa shape index (κ3) is 37.8. The van der Waals surface area contributed by atoms with Crippen molar-refractivity contribution in [1.29, 1.82) is 4.78 Å². The average Bonchev–Trinajstić information content (AvgIpc) is 0.918. The Morgan fingerprint density at radius 2 is 1.75 bits per heavy atom. The van der Waals surface area contributed by atoms with Gasteiger partial charge < -0.3 is 0 Å². The first-order chi connectivity index (χ1) is 1.41. The molecule has 0 fully saturated rings. The Labute approximate surface area is 28.9 Å². The number of nitrogens with one attached hydrogen (secondary N) is 1. The van der Waals surface area contributed by atoms with Gasteiger partial charge in [-0.2, -0.15) is 4.21 Å². The predicted molar refractivity (Wildman–Crippen MR) is 17.6 cm³/mol. The molecule has 0 rings (SSSR count). The molecule has 26 valence electrons. The molecule has 0 aromatic rings. The maximum atomic E-state index is 8.51. The Morgan fingerprint density at radius 3 is 1.75 bits per heavy atom. The number of rotatable bonds is 0. The summed E-state index contributed by atoms with van der Waals surface area (Å²) in [5.41, 5.74) is 0. The van der Waals surface area contributed by atoms with Crippen molar-refractivity contribution in [3.05, 3.63) is 0 Å². The van der Waals surface area contributed by atoms with E-state index < -0.39 is 0 Å². The number of hydrogen-bond donors (Lipinski definition) is 1. The summed E-state index contributed by atoms with van der Waals surface area (Å²) in [5, 5.41) is 0. The molecule has 0 amide bonds. The zero-order valence-electron chi connectivity index (χ0n) is 1.32. The molecule has 3 heteroatoms. The summed E-state index contributed by atoms with van der Waals surface area (Å²) in [4.78, 5) is 0. The fourth-order valence-electron chi connectivity index (χ4n) is 0. The molecule has 0 aliphatic heterocycles. The van der Waals surface area contributed by atoms with Crippen LogP contribution in [0.2, 0.25) is 0 Å². The van der Waals surface area contributed by atoms with Gasteiger partial charge in [-0.25, -0.2) is 4.78 Å². The Hall–Kier alpha value is -0.180. The predicted octanol–water partition coefficient (Wildman–Crippen LogP) is 0.598. The maximum Gasteiger partial charge on any atom is 0.196 e. The Morgan fingerprint density at radius 1 is 1.75 bits per heavy atom. The van der Waals surface area contributed by atoms with Gasteiger partial charge in [-0.05, 0) is 0 Å². The van der Waals surface area contributed by atoms with Crippen molar-refractivity contribution < 1.29 is 4.21 Å².